The zero-order valence-corrected chi connectivity index (χ0v) is 9.87. The molecule has 0 unspecified atom stereocenters. The number of nitrogens with zero attached hydrogens (tertiary/aromatic N) is 1. The van der Waals surface area contributed by atoms with Crippen LogP contribution in [0.25, 0.3) is 0 Å². The van der Waals surface area contributed by atoms with Gasteiger partial charge in [0.25, 0.3) is 0 Å². The highest BCUT2D eigenvalue weighted by atomic mass is 19.1. The molecule has 88 valence electrons. The molecule has 2 aromatic rings. The first-order valence-corrected chi connectivity index (χ1v) is 5.46. The fourth-order valence-electron chi connectivity index (χ4n) is 1.88. The van der Waals surface area contributed by atoms with Crippen molar-refractivity contribution < 1.29 is 13.3 Å². The Morgan fingerprint density at radius 1 is 1.18 bits per heavy atom. The van der Waals surface area contributed by atoms with Gasteiger partial charge in [-0.15, -0.1) is 0 Å². The monoisotopic (exact) mass is 234 g/mol. The van der Waals surface area contributed by atoms with Gasteiger partial charge in [-0.1, -0.05) is 6.07 Å². The number of hydrogen-bond donors (Lipinski definition) is 0. The van der Waals surface area contributed by atoms with Crippen LogP contribution in [-0.2, 0) is 13.5 Å². The van der Waals surface area contributed by atoms with Gasteiger partial charge in [0.2, 0.25) is 0 Å². The van der Waals surface area contributed by atoms with Gasteiger partial charge in [-0.2, -0.15) is 0 Å². The summed E-state index contributed by atoms with van der Waals surface area (Å²) in [6.45, 7) is 1.73. The maximum atomic E-state index is 13.7. The van der Waals surface area contributed by atoms with E-state index >= 15 is 0 Å². The van der Waals surface area contributed by atoms with Gasteiger partial charge in [-0.05, 0) is 18.6 Å². The molecule has 0 spiro atoms. The van der Waals surface area contributed by atoms with Crippen molar-refractivity contribution in [2.24, 2.45) is 7.05 Å². The summed E-state index contributed by atoms with van der Waals surface area (Å²) >= 11 is 0. The third kappa shape index (κ3) is 2.49. The van der Waals surface area contributed by atoms with Crippen LogP contribution in [0.1, 0.15) is 16.8 Å². The average Bonchev–Trinajstić information content (AvgIpc) is 2.25. The molecule has 2 rings (SSSR count). The molecular formula is C14H14F2N+. The van der Waals surface area contributed by atoms with Crippen LogP contribution < -0.4 is 4.57 Å². The van der Waals surface area contributed by atoms with Gasteiger partial charge in [-0.25, -0.2) is 13.3 Å². The third-order valence-corrected chi connectivity index (χ3v) is 2.90. The van der Waals surface area contributed by atoms with Crippen molar-refractivity contribution in [3.05, 3.63) is 65.0 Å². The van der Waals surface area contributed by atoms with Gasteiger partial charge in [0.1, 0.15) is 18.7 Å². The lowest BCUT2D eigenvalue weighted by atomic mass is 10.0. The zero-order valence-electron chi connectivity index (χ0n) is 9.87. The number of aromatic nitrogens is 1. The number of benzene rings is 1. The minimum absolute atomic E-state index is 0.468. The molecule has 1 aromatic carbocycles. The molecule has 1 aromatic heterocycles. The number of hydrogen-bond acceptors (Lipinski definition) is 0. The Morgan fingerprint density at radius 3 is 2.59 bits per heavy atom. The maximum absolute atomic E-state index is 13.7. The van der Waals surface area contributed by atoms with E-state index in [4.69, 9.17) is 0 Å². The Kier molecular flexibility index (Phi) is 3.18. The lowest BCUT2D eigenvalue weighted by Crippen LogP contribution is -2.33. The molecule has 0 saturated carbocycles. The van der Waals surface area contributed by atoms with Gasteiger partial charge in [0.05, 0.1) is 6.42 Å². The van der Waals surface area contributed by atoms with Crippen LogP contribution in [0.3, 0.4) is 0 Å². The summed E-state index contributed by atoms with van der Waals surface area (Å²) < 4.78 is 28.6. The molecular weight excluding hydrogens is 220 g/mol. The van der Waals surface area contributed by atoms with Crippen LogP contribution >= 0.6 is 0 Å². The normalized spacial score (nSPS) is 10.6. The summed E-state index contributed by atoms with van der Waals surface area (Å²) in [7, 11) is 1.91. The summed E-state index contributed by atoms with van der Waals surface area (Å²) in [6.07, 6.45) is 2.38. The first kappa shape index (κ1) is 11.7. The van der Waals surface area contributed by atoms with Crippen molar-refractivity contribution in [1.29, 1.82) is 0 Å². The fraction of sp³-hybridized carbons (Fsp3) is 0.214. The number of pyridine rings is 1. The summed E-state index contributed by atoms with van der Waals surface area (Å²) in [4.78, 5) is 0. The first-order chi connectivity index (χ1) is 8.08. The Balaban J connectivity index is 2.40. The van der Waals surface area contributed by atoms with Crippen molar-refractivity contribution in [3.8, 4) is 0 Å². The smallest absolute Gasteiger partial charge is 0.185 e. The van der Waals surface area contributed by atoms with E-state index in [1.807, 2.05) is 36.0 Å². The molecule has 0 N–H and O–H groups in total. The summed E-state index contributed by atoms with van der Waals surface area (Å²) in [5.74, 6) is -1.01. The minimum Gasteiger partial charge on any atom is -0.207 e. The minimum atomic E-state index is -0.527. The second-order valence-corrected chi connectivity index (χ2v) is 4.16. The van der Waals surface area contributed by atoms with Crippen LogP contribution in [0.5, 0.6) is 0 Å². The maximum Gasteiger partial charge on any atom is 0.185 e. The number of aryl methyl sites for hydroxylation is 2. The van der Waals surface area contributed by atoms with Crippen molar-refractivity contribution in [1.82, 2.24) is 0 Å². The molecule has 17 heavy (non-hydrogen) atoms. The van der Waals surface area contributed by atoms with Crippen LogP contribution in [0.4, 0.5) is 8.78 Å². The van der Waals surface area contributed by atoms with Crippen molar-refractivity contribution in [3.63, 3.8) is 0 Å². The largest absolute Gasteiger partial charge is 0.207 e. The molecule has 0 bridgehead atoms. The molecule has 0 saturated heterocycles. The Bertz CT molecular complexity index is 527. The zero-order chi connectivity index (χ0) is 12.4. The van der Waals surface area contributed by atoms with Crippen LogP contribution in [0.2, 0.25) is 0 Å². The molecule has 0 atom stereocenters. The molecule has 1 nitrogen and oxygen atoms in total. The van der Waals surface area contributed by atoms with Crippen LogP contribution in [0.15, 0.2) is 36.5 Å². The SMILES string of the molecule is Cc1cc(F)cc(F)c1Cc1cccc[n+]1C. The number of rotatable bonds is 2. The van der Waals surface area contributed by atoms with E-state index in [1.165, 1.54) is 6.07 Å². The first-order valence-electron chi connectivity index (χ1n) is 5.46. The van der Waals surface area contributed by atoms with E-state index in [0.717, 1.165) is 11.8 Å². The van der Waals surface area contributed by atoms with E-state index in [1.54, 1.807) is 6.92 Å². The predicted molar refractivity (Wildman–Crippen MR) is 61.5 cm³/mol. The number of halogens is 2. The summed E-state index contributed by atoms with van der Waals surface area (Å²) in [5.41, 5.74) is 2.18. The van der Waals surface area contributed by atoms with Gasteiger partial charge >= 0.3 is 0 Å². The van der Waals surface area contributed by atoms with Crippen molar-refractivity contribution in [2.75, 3.05) is 0 Å². The molecule has 0 aliphatic heterocycles. The lowest BCUT2D eigenvalue weighted by molar-refractivity contribution is -0.678. The fourth-order valence-corrected chi connectivity index (χ4v) is 1.88. The molecule has 0 fully saturated rings. The van der Waals surface area contributed by atoms with E-state index in [9.17, 15) is 8.78 Å². The Hall–Kier alpha value is -1.77. The Labute approximate surface area is 99.3 Å². The van der Waals surface area contributed by atoms with Crippen molar-refractivity contribution >= 4 is 0 Å². The van der Waals surface area contributed by atoms with Crippen LogP contribution in [0, 0.1) is 18.6 Å². The van der Waals surface area contributed by atoms with Gasteiger partial charge in [-0.3, -0.25) is 0 Å². The quantitative estimate of drug-likeness (QED) is 0.703. The van der Waals surface area contributed by atoms with Gasteiger partial charge in [0, 0.05) is 23.8 Å². The van der Waals surface area contributed by atoms with Crippen LogP contribution in [-0.4, -0.2) is 0 Å². The molecule has 0 radical (unpaired) electrons. The topological polar surface area (TPSA) is 3.88 Å². The van der Waals surface area contributed by atoms with Crippen molar-refractivity contribution in [2.45, 2.75) is 13.3 Å². The molecule has 3 heteroatoms. The predicted octanol–water partition coefficient (Wildman–Crippen LogP) is 2.69. The van der Waals surface area contributed by atoms with E-state index < -0.39 is 11.6 Å². The molecule has 1 heterocycles. The average molecular weight is 234 g/mol. The van der Waals surface area contributed by atoms with E-state index in [2.05, 4.69) is 0 Å². The van der Waals surface area contributed by atoms with Gasteiger partial charge in [0.15, 0.2) is 11.9 Å². The standard InChI is InChI=1S/C14H14F2N/c1-10-7-11(15)8-14(16)13(10)9-12-5-3-4-6-17(12)2/h3-8H,9H2,1-2H3/q+1. The van der Waals surface area contributed by atoms with E-state index in [0.29, 0.717) is 17.5 Å². The second kappa shape index (κ2) is 4.62. The highest BCUT2D eigenvalue weighted by molar-refractivity contribution is 5.31. The van der Waals surface area contributed by atoms with E-state index in [-0.39, 0.29) is 0 Å². The van der Waals surface area contributed by atoms with Gasteiger partial charge < -0.3 is 0 Å². The Morgan fingerprint density at radius 2 is 1.94 bits per heavy atom. The summed E-state index contributed by atoms with van der Waals surface area (Å²) in [6, 6.07) is 8.05. The molecule has 0 aliphatic rings. The second-order valence-electron chi connectivity index (χ2n) is 4.16. The molecule has 0 aliphatic carbocycles. The molecule has 0 amide bonds. The lowest BCUT2D eigenvalue weighted by Gasteiger charge is -2.06. The summed E-state index contributed by atoms with van der Waals surface area (Å²) in [5, 5.41) is 0. The highest BCUT2D eigenvalue weighted by Crippen LogP contribution is 2.17. The third-order valence-electron chi connectivity index (χ3n) is 2.90. The highest BCUT2D eigenvalue weighted by Gasteiger charge is 2.13.